The van der Waals surface area contributed by atoms with Gasteiger partial charge in [-0.1, -0.05) is 72.8 Å². The summed E-state index contributed by atoms with van der Waals surface area (Å²) in [7, 11) is 3.03. The molecule has 4 atom stereocenters. The lowest BCUT2D eigenvalue weighted by Crippen LogP contribution is -2.49. The summed E-state index contributed by atoms with van der Waals surface area (Å²) in [4.78, 5) is 46.1. The zero-order valence-electron chi connectivity index (χ0n) is 23.1. The Balaban J connectivity index is 1.54. The Labute approximate surface area is 243 Å². The monoisotopic (exact) mass is 556 g/mol. The molecule has 4 aromatic carbocycles. The van der Waals surface area contributed by atoms with E-state index in [0.29, 0.717) is 28.3 Å². The molecule has 1 amide bonds. The quantitative estimate of drug-likeness (QED) is 0.308. The van der Waals surface area contributed by atoms with Crippen LogP contribution in [0.2, 0.25) is 0 Å². The molecule has 208 valence electrons. The number of hydrogen-bond acceptors (Lipinski definition) is 6. The molecule has 3 aliphatic heterocycles. The van der Waals surface area contributed by atoms with Crippen LogP contribution in [0.15, 0.2) is 103 Å². The standard InChI is InChI=1S/C35H28N2O5/c1-41-23-16-17-25(28(20-23)42-2)32(39)29-30(31(38)22-11-4-3-5-12-22)37-19-18-21-10-6-7-13-24(21)33(37)35(29)26-14-8-9-15-27(26)36-34(35)40/h3-20,29-30,33H,1-2H3,(H,36,40). The van der Waals surface area contributed by atoms with E-state index in [0.717, 1.165) is 11.1 Å². The SMILES string of the molecule is COc1ccc(C(=O)C2C(C(=O)c3ccccc3)N3C=Cc4ccccc4C3C23C(=O)Nc2ccccc23)c(OC)c1. The van der Waals surface area contributed by atoms with Gasteiger partial charge < -0.3 is 19.7 Å². The number of fused-ring (bicyclic) bond motifs is 6. The van der Waals surface area contributed by atoms with E-state index in [1.807, 2.05) is 71.8 Å². The summed E-state index contributed by atoms with van der Waals surface area (Å²) in [5, 5.41) is 3.07. The number of Topliss-reactive ketones (excluding diaryl/α,β-unsaturated/α-hetero) is 2. The van der Waals surface area contributed by atoms with Crippen LogP contribution in [0.25, 0.3) is 6.08 Å². The first-order valence-electron chi connectivity index (χ1n) is 13.8. The third-order valence-electron chi connectivity index (χ3n) is 8.85. The normalized spacial score (nSPS) is 23.1. The number of anilines is 1. The van der Waals surface area contributed by atoms with Gasteiger partial charge in [-0.05, 0) is 41.0 Å². The van der Waals surface area contributed by atoms with E-state index in [4.69, 9.17) is 9.47 Å². The molecule has 0 aliphatic carbocycles. The number of benzene rings is 4. The van der Waals surface area contributed by atoms with Crippen molar-refractivity contribution in [3.05, 3.63) is 131 Å². The number of nitrogens with zero attached hydrogens (tertiary/aromatic N) is 1. The molecule has 0 saturated carbocycles. The molecule has 1 N–H and O–H groups in total. The number of ketones is 2. The van der Waals surface area contributed by atoms with Gasteiger partial charge in [0.25, 0.3) is 0 Å². The van der Waals surface area contributed by atoms with Crippen LogP contribution >= 0.6 is 0 Å². The molecule has 0 bridgehead atoms. The number of rotatable bonds is 6. The molecule has 3 aliphatic rings. The van der Waals surface area contributed by atoms with E-state index in [1.165, 1.54) is 7.11 Å². The van der Waals surface area contributed by atoms with Crippen LogP contribution in [-0.2, 0) is 10.2 Å². The molecule has 7 heteroatoms. The molecule has 1 spiro atoms. The highest BCUT2D eigenvalue weighted by Gasteiger charge is 2.70. The number of methoxy groups -OCH3 is 2. The number of carbonyl (C=O) groups is 3. The predicted molar refractivity (Wildman–Crippen MR) is 159 cm³/mol. The van der Waals surface area contributed by atoms with Gasteiger partial charge in [-0.15, -0.1) is 0 Å². The topological polar surface area (TPSA) is 84.9 Å². The van der Waals surface area contributed by atoms with Gasteiger partial charge in [0, 0.05) is 23.5 Å². The highest BCUT2D eigenvalue weighted by atomic mass is 16.5. The first-order valence-corrected chi connectivity index (χ1v) is 13.8. The molecule has 1 saturated heterocycles. The van der Waals surface area contributed by atoms with Gasteiger partial charge in [0.15, 0.2) is 11.6 Å². The minimum absolute atomic E-state index is 0.232. The number of carbonyl (C=O) groups excluding carboxylic acids is 3. The van der Waals surface area contributed by atoms with Crippen LogP contribution < -0.4 is 14.8 Å². The molecule has 4 aromatic rings. The average molecular weight is 557 g/mol. The van der Waals surface area contributed by atoms with Crippen molar-refractivity contribution in [2.45, 2.75) is 17.5 Å². The molecular weight excluding hydrogens is 528 g/mol. The van der Waals surface area contributed by atoms with Crippen molar-refractivity contribution in [1.29, 1.82) is 0 Å². The van der Waals surface area contributed by atoms with Crippen LogP contribution in [0, 0.1) is 5.92 Å². The van der Waals surface area contributed by atoms with E-state index in [-0.39, 0.29) is 23.0 Å². The highest BCUT2D eigenvalue weighted by molar-refractivity contribution is 6.17. The number of nitrogens with one attached hydrogen (secondary N) is 1. The van der Waals surface area contributed by atoms with Gasteiger partial charge in [-0.3, -0.25) is 14.4 Å². The molecule has 7 rings (SSSR count). The lowest BCUT2D eigenvalue weighted by Gasteiger charge is -2.38. The van der Waals surface area contributed by atoms with Crippen molar-refractivity contribution in [2.24, 2.45) is 5.92 Å². The van der Waals surface area contributed by atoms with Gasteiger partial charge in [0.1, 0.15) is 23.0 Å². The second-order valence-electron chi connectivity index (χ2n) is 10.7. The van der Waals surface area contributed by atoms with Crippen LogP contribution in [0.1, 0.15) is 43.4 Å². The van der Waals surface area contributed by atoms with Crippen molar-refractivity contribution in [2.75, 3.05) is 19.5 Å². The molecular formula is C35H28N2O5. The van der Waals surface area contributed by atoms with E-state index in [2.05, 4.69) is 5.32 Å². The third kappa shape index (κ3) is 3.49. The second kappa shape index (κ2) is 9.73. The molecule has 42 heavy (non-hydrogen) atoms. The summed E-state index contributed by atoms with van der Waals surface area (Å²) >= 11 is 0. The fraction of sp³-hybridized carbons (Fsp3) is 0.171. The summed E-state index contributed by atoms with van der Waals surface area (Å²) < 4.78 is 11.0. The number of ether oxygens (including phenoxy) is 2. The summed E-state index contributed by atoms with van der Waals surface area (Å²) in [6.07, 6.45) is 3.82. The van der Waals surface area contributed by atoms with E-state index in [1.54, 1.807) is 49.6 Å². The summed E-state index contributed by atoms with van der Waals surface area (Å²) in [6.45, 7) is 0. The van der Waals surface area contributed by atoms with Crippen LogP contribution in [0.3, 0.4) is 0 Å². The highest BCUT2D eigenvalue weighted by Crippen LogP contribution is 2.62. The van der Waals surface area contributed by atoms with Crippen molar-refractivity contribution in [1.82, 2.24) is 4.90 Å². The predicted octanol–water partition coefficient (Wildman–Crippen LogP) is 5.69. The average Bonchev–Trinajstić information content (AvgIpc) is 3.52. The van der Waals surface area contributed by atoms with Gasteiger partial charge >= 0.3 is 0 Å². The maximum absolute atomic E-state index is 15.0. The largest absolute Gasteiger partial charge is 0.497 e. The van der Waals surface area contributed by atoms with Crippen molar-refractivity contribution >= 4 is 29.2 Å². The Morgan fingerprint density at radius 3 is 2.36 bits per heavy atom. The van der Waals surface area contributed by atoms with Gasteiger partial charge in [0.05, 0.1) is 31.7 Å². The first-order chi connectivity index (χ1) is 20.5. The maximum atomic E-state index is 15.0. The van der Waals surface area contributed by atoms with Gasteiger partial charge in [-0.2, -0.15) is 0 Å². The van der Waals surface area contributed by atoms with Crippen LogP contribution in [0.4, 0.5) is 5.69 Å². The lowest BCUT2D eigenvalue weighted by molar-refractivity contribution is -0.122. The first kappa shape index (κ1) is 25.8. The molecule has 0 radical (unpaired) electrons. The maximum Gasteiger partial charge on any atom is 0.238 e. The smallest absolute Gasteiger partial charge is 0.238 e. The van der Waals surface area contributed by atoms with E-state index in [9.17, 15) is 9.59 Å². The molecule has 1 fully saturated rings. The fourth-order valence-corrected chi connectivity index (χ4v) is 7.11. The van der Waals surface area contributed by atoms with Gasteiger partial charge in [0.2, 0.25) is 5.91 Å². The Morgan fingerprint density at radius 1 is 0.833 bits per heavy atom. The summed E-state index contributed by atoms with van der Waals surface area (Å²) in [5.41, 5.74) is 2.51. The zero-order valence-corrected chi connectivity index (χ0v) is 23.1. The van der Waals surface area contributed by atoms with Crippen LogP contribution in [-0.4, -0.2) is 42.6 Å². The number of hydrogen-bond donors (Lipinski definition) is 1. The molecule has 7 nitrogen and oxygen atoms in total. The fourth-order valence-electron chi connectivity index (χ4n) is 7.11. The molecule has 4 unspecified atom stereocenters. The Hall–Kier alpha value is -5.17. The summed E-state index contributed by atoms with van der Waals surface area (Å²) in [5.74, 6) is -1.14. The zero-order chi connectivity index (χ0) is 29.0. The second-order valence-corrected chi connectivity index (χ2v) is 10.7. The number of amides is 1. The Morgan fingerprint density at radius 2 is 1.57 bits per heavy atom. The third-order valence-corrected chi connectivity index (χ3v) is 8.85. The summed E-state index contributed by atoms with van der Waals surface area (Å²) in [6, 6.07) is 27.7. The number of para-hydroxylation sites is 1. The van der Waals surface area contributed by atoms with E-state index >= 15 is 4.79 Å². The Bertz CT molecular complexity index is 1780. The Kier molecular flexibility index (Phi) is 5.97. The van der Waals surface area contributed by atoms with E-state index < -0.39 is 23.4 Å². The van der Waals surface area contributed by atoms with Gasteiger partial charge in [-0.25, -0.2) is 0 Å². The van der Waals surface area contributed by atoms with Crippen molar-refractivity contribution in [3.63, 3.8) is 0 Å². The minimum Gasteiger partial charge on any atom is -0.497 e. The minimum atomic E-state index is -1.41. The lowest BCUT2D eigenvalue weighted by atomic mass is 9.62. The molecule has 0 aromatic heterocycles. The van der Waals surface area contributed by atoms with Crippen molar-refractivity contribution in [3.8, 4) is 11.5 Å². The molecule has 3 heterocycles. The van der Waals surface area contributed by atoms with Crippen LogP contribution in [0.5, 0.6) is 11.5 Å². The van der Waals surface area contributed by atoms with Crippen molar-refractivity contribution < 1.29 is 23.9 Å².